The van der Waals surface area contributed by atoms with Crippen molar-refractivity contribution in [3.8, 4) is 5.75 Å². The van der Waals surface area contributed by atoms with Crippen molar-refractivity contribution in [3.05, 3.63) is 59.4 Å². The molecule has 0 unspecified atom stereocenters. The van der Waals surface area contributed by atoms with Crippen molar-refractivity contribution in [1.29, 1.82) is 0 Å². The molecule has 4 heteroatoms. The number of hydrogen-bond acceptors (Lipinski definition) is 4. The van der Waals surface area contributed by atoms with Gasteiger partial charge >= 0.3 is 0 Å². The molecule has 1 aromatic carbocycles. The molecule has 0 radical (unpaired) electrons. The maximum absolute atomic E-state index is 10.9. The number of nitrogens with two attached hydrogens (primary N) is 1. The van der Waals surface area contributed by atoms with Crippen molar-refractivity contribution in [2.75, 3.05) is 0 Å². The smallest absolute Gasteiger partial charge is 0.168 e. The van der Waals surface area contributed by atoms with Gasteiger partial charge in [-0.2, -0.15) is 0 Å². The monoisotopic (exact) mass is 284 g/mol. The van der Waals surface area contributed by atoms with Crippen LogP contribution >= 0.6 is 0 Å². The zero-order valence-electron chi connectivity index (χ0n) is 12.2. The van der Waals surface area contributed by atoms with Gasteiger partial charge in [0, 0.05) is 0 Å². The Morgan fingerprint density at radius 1 is 1.24 bits per heavy atom. The van der Waals surface area contributed by atoms with Crippen molar-refractivity contribution < 1.29 is 9.53 Å². The number of benzene rings is 1. The fourth-order valence-electron chi connectivity index (χ4n) is 2.11. The predicted octanol–water partition coefficient (Wildman–Crippen LogP) is 3.27. The molecule has 0 fully saturated rings. The summed E-state index contributed by atoms with van der Waals surface area (Å²) in [7, 11) is 0. The van der Waals surface area contributed by atoms with Crippen molar-refractivity contribution in [2.24, 2.45) is 5.73 Å². The van der Waals surface area contributed by atoms with E-state index in [1.807, 2.05) is 30.3 Å². The van der Waals surface area contributed by atoms with E-state index in [-0.39, 0.29) is 6.04 Å². The van der Waals surface area contributed by atoms with Crippen LogP contribution in [0.15, 0.2) is 42.5 Å². The Labute approximate surface area is 125 Å². The van der Waals surface area contributed by atoms with E-state index in [2.05, 4.69) is 11.9 Å². The Hall–Kier alpha value is -2.20. The first kappa shape index (κ1) is 15.2. The molecule has 0 aliphatic carbocycles. The number of pyridine rings is 1. The standard InChI is InChI=1S/C17H20N2O2/c1-2-6-15(18)17-16(10-9-14(11-20)19-17)21-12-13-7-4-3-5-8-13/h3-5,7-11,15H,2,6,12,18H2,1H3/t15-/m1/s1. The van der Waals surface area contributed by atoms with E-state index in [4.69, 9.17) is 10.5 Å². The van der Waals surface area contributed by atoms with Gasteiger partial charge in [-0.3, -0.25) is 4.79 Å². The van der Waals surface area contributed by atoms with E-state index in [0.717, 1.165) is 24.7 Å². The molecule has 0 aliphatic rings. The summed E-state index contributed by atoms with van der Waals surface area (Å²) >= 11 is 0. The van der Waals surface area contributed by atoms with Gasteiger partial charge in [0.05, 0.1) is 11.7 Å². The van der Waals surface area contributed by atoms with Crippen molar-refractivity contribution in [3.63, 3.8) is 0 Å². The molecule has 4 nitrogen and oxygen atoms in total. The highest BCUT2D eigenvalue weighted by Gasteiger charge is 2.14. The molecule has 0 saturated heterocycles. The Kier molecular flexibility index (Phi) is 5.46. The molecule has 1 aromatic heterocycles. The Morgan fingerprint density at radius 2 is 2.00 bits per heavy atom. The van der Waals surface area contributed by atoms with Gasteiger partial charge in [-0.05, 0) is 24.1 Å². The number of hydrogen-bond donors (Lipinski definition) is 1. The molecular weight excluding hydrogens is 264 g/mol. The lowest BCUT2D eigenvalue weighted by Gasteiger charge is -2.16. The second-order valence-electron chi connectivity index (χ2n) is 4.91. The van der Waals surface area contributed by atoms with Crippen LogP contribution in [0.3, 0.4) is 0 Å². The van der Waals surface area contributed by atoms with E-state index in [9.17, 15) is 4.79 Å². The largest absolute Gasteiger partial charge is 0.487 e. The Morgan fingerprint density at radius 3 is 2.67 bits per heavy atom. The van der Waals surface area contributed by atoms with Crippen LogP contribution in [0.25, 0.3) is 0 Å². The SMILES string of the molecule is CCC[C@@H](N)c1nc(C=O)ccc1OCc1ccccc1. The fourth-order valence-corrected chi connectivity index (χ4v) is 2.11. The van der Waals surface area contributed by atoms with Gasteiger partial charge in [0.25, 0.3) is 0 Å². The highest BCUT2D eigenvalue weighted by atomic mass is 16.5. The third kappa shape index (κ3) is 4.13. The van der Waals surface area contributed by atoms with Crippen LogP contribution in [0.1, 0.15) is 47.6 Å². The molecule has 0 amide bonds. The van der Waals surface area contributed by atoms with Gasteiger partial charge in [-0.25, -0.2) is 4.98 Å². The highest BCUT2D eigenvalue weighted by molar-refractivity contribution is 5.72. The molecule has 1 heterocycles. The summed E-state index contributed by atoms with van der Waals surface area (Å²) in [5.74, 6) is 0.644. The third-order valence-corrected chi connectivity index (χ3v) is 3.22. The normalized spacial score (nSPS) is 11.9. The first-order chi connectivity index (χ1) is 10.2. The van der Waals surface area contributed by atoms with E-state index >= 15 is 0 Å². The van der Waals surface area contributed by atoms with Crippen molar-refractivity contribution in [2.45, 2.75) is 32.4 Å². The highest BCUT2D eigenvalue weighted by Crippen LogP contribution is 2.25. The fraction of sp³-hybridized carbons (Fsp3) is 0.294. The topological polar surface area (TPSA) is 65.2 Å². The molecule has 2 aromatic rings. The first-order valence-electron chi connectivity index (χ1n) is 7.13. The van der Waals surface area contributed by atoms with Gasteiger partial charge < -0.3 is 10.5 Å². The minimum Gasteiger partial charge on any atom is -0.487 e. The summed E-state index contributed by atoms with van der Waals surface area (Å²) in [6.45, 7) is 2.52. The van der Waals surface area contributed by atoms with E-state index < -0.39 is 0 Å². The van der Waals surface area contributed by atoms with Crippen LogP contribution < -0.4 is 10.5 Å². The zero-order chi connectivity index (χ0) is 15.1. The lowest BCUT2D eigenvalue weighted by Crippen LogP contribution is -2.14. The van der Waals surface area contributed by atoms with Gasteiger partial charge in [0.2, 0.25) is 0 Å². The maximum atomic E-state index is 10.9. The van der Waals surface area contributed by atoms with Crippen LogP contribution in [0, 0.1) is 0 Å². The average molecular weight is 284 g/mol. The van der Waals surface area contributed by atoms with Gasteiger partial charge in [-0.1, -0.05) is 43.7 Å². The minimum atomic E-state index is -0.222. The summed E-state index contributed by atoms with van der Waals surface area (Å²) in [6.07, 6.45) is 2.48. The first-order valence-corrected chi connectivity index (χ1v) is 7.13. The quantitative estimate of drug-likeness (QED) is 0.792. The number of carbonyl (C=O) groups excluding carboxylic acids is 1. The van der Waals surface area contributed by atoms with Crippen LogP contribution in [-0.4, -0.2) is 11.3 Å². The Balaban J connectivity index is 2.19. The average Bonchev–Trinajstić information content (AvgIpc) is 2.54. The number of aromatic nitrogens is 1. The van der Waals surface area contributed by atoms with E-state index in [1.165, 1.54) is 0 Å². The number of rotatable bonds is 7. The van der Waals surface area contributed by atoms with Crippen molar-refractivity contribution in [1.82, 2.24) is 4.98 Å². The third-order valence-electron chi connectivity index (χ3n) is 3.22. The summed E-state index contributed by atoms with van der Waals surface area (Å²) in [5.41, 5.74) is 8.25. The summed E-state index contributed by atoms with van der Waals surface area (Å²) in [5, 5.41) is 0. The molecule has 0 aliphatic heterocycles. The zero-order valence-corrected chi connectivity index (χ0v) is 12.2. The lowest BCUT2D eigenvalue weighted by molar-refractivity contribution is 0.111. The van der Waals surface area contributed by atoms with Crippen LogP contribution in [0.4, 0.5) is 0 Å². The molecule has 2 N–H and O–H groups in total. The molecule has 1 atom stereocenters. The number of nitrogens with zero attached hydrogens (tertiary/aromatic N) is 1. The molecule has 2 rings (SSSR count). The van der Waals surface area contributed by atoms with E-state index in [1.54, 1.807) is 12.1 Å². The number of aldehydes is 1. The van der Waals surface area contributed by atoms with Gasteiger partial charge in [-0.15, -0.1) is 0 Å². The molecular formula is C17H20N2O2. The molecule has 0 spiro atoms. The molecule has 21 heavy (non-hydrogen) atoms. The maximum Gasteiger partial charge on any atom is 0.168 e. The molecule has 110 valence electrons. The minimum absolute atomic E-state index is 0.222. The lowest BCUT2D eigenvalue weighted by atomic mass is 10.1. The Bertz CT molecular complexity index is 585. The van der Waals surface area contributed by atoms with Crippen LogP contribution in [-0.2, 0) is 6.61 Å². The van der Waals surface area contributed by atoms with Crippen molar-refractivity contribution >= 4 is 6.29 Å². The van der Waals surface area contributed by atoms with Gasteiger partial charge in [0.15, 0.2) is 6.29 Å². The second kappa shape index (κ2) is 7.55. The van der Waals surface area contributed by atoms with Gasteiger partial charge in [0.1, 0.15) is 18.1 Å². The number of carbonyl (C=O) groups is 1. The summed E-state index contributed by atoms with van der Waals surface area (Å²) < 4.78 is 5.83. The van der Waals surface area contributed by atoms with Crippen LogP contribution in [0.2, 0.25) is 0 Å². The second-order valence-corrected chi connectivity index (χ2v) is 4.91. The number of ether oxygens (including phenoxy) is 1. The summed E-state index contributed by atoms with van der Waals surface area (Å²) in [6, 6.07) is 13.1. The predicted molar refractivity (Wildman–Crippen MR) is 82.2 cm³/mol. The van der Waals surface area contributed by atoms with Crippen LogP contribution in [0.5, 0.6) is 5.75 Å². The summed E-state index contributed by atoms with van der Waals surface area (Å²) in [4.78, 5) is 15.2. The molecule has 0 bridgehead atoms. The van der Waals surface area contributed by atoms with E-state index in [0.29, 0.717) is 23.7 Å². The molecule has 0 saturated carbocycles.